The summed E-state index contributed by atoms with van der Waals surface area (Å²) in [5, 5.41) is 9.12. The van der Waals surface area contributed by atoms with Crippen molar-refractivity contribution >= 4 is 0 Å². The van der Waals surface area contributed by atoms with Crippen LogP contribution in [0.5, 0.6) is 11.5 Å². The molecule has 0 atom stereocenters. The quantitative estimate of drug-likeness (QED) is 0.721. The van der Waals surface area contributed by atoms with Crippen LogP contribution in [0.4, 0.5) is 8.78 Å². The zero-order valence-corrected chi connectivity index (χ0v) is 14.1. The number of aliphatic hydroxyl groups is 1. The SMILES string of the molecule is COc1cc(F)c(F)cc1-c1ccc(OCc2cncc(CO)c2)cc1. The van der Waals surface area contributed by atoms with Gasteiger partial charge in [0.15, 0.2) is 11.6 Å². The van der Waals surface area contributed by atoms with E-state index in [2.05, 4.69) is 4.98 Å². The fraction of sp³-hybridized carbons (Fsp3) is 0.150. The number of ether oxygens (including phenoxy) is 2. The standard InChI is InChI=1S/C20H17F2NO3/c1-25-20-8-19(22)18(21)7-17(20)15-2-4-16(5-3-15)26-12-14-6-13(11-24)9-23-10-14/h2-10,24H,11-12H2,1H3. The lowest BCUT2D eigenvalue weighted by Crippen LogP contribution is -1.98. The van der Waals surface area contributed by atoms with E-state index in [1.54, 1.807) is 36.7 Å². The number of halogens is 2. The molecule has 0 radical (unpaired) electrons. The van der Waals surface area contributed by atoms with E-state index < -0.39 is 11.6 Å². The number of pyridine rings is 1. The van der Waals surface area contributed by atoms with Crippen molar-refractivity contribution in [3.05, 3.63) is 77.6 Å². The molecule has 0 saturated carbocycles. The molecule has 0 aliphatic heterocycles. The van der Waals surface area contributed by atoms with Crippen LogP contribution in [-0.4, -0.2) is 17.2 Å². The lowest BCUT2D eigenvalue weighted by Gasteiger charge is -2.11. The summed E-state index contributed by atoms with van der Waals surface area (Å²) in [5.74, 6) is -1.02. The summed E-state index contributed by atoms with van der Waals surface area (Å²) in [4.78, 5) is 4.04. The normalized spacial score (nSPS) is 10.6. The van der Waals surface area contributed by atoms with Crippen molar-refractivity contribution in [1.82, 2.24) is 4.98 Å². The molecule has 3 rings (SSSR count). The Morgan fingerprint density at radius 3 is 2.35 bits per heavy atom. The van der Waals surface area contributed by atoms with Gasteiger partial charge < -0.3 is 14.6 Å². The van der Waals surface area contributed by atoms with E-state index in [0.717, 1.165) is 17.7 Å². The molecule has 2 aromatic carbocycles. The zero-order chi connectivity index (χ0) is 18.5. The van der Waals surface area contributed by atoms with Crippen LogP contribution in [0.15, 0.2) is 54.9 Å². The molecular formula is C20H17F2NO3. The summed E-state index contributed by atoms with van der Waals surface area (Å²) in [6.07, 6.45) is 3.26. The molecule has 0 saturated heterocycles. The Morgan fingerprint density at radius 1 is 0.962 bits per heavy atom. The maximum Gasteiger partial charge on any atom is 0.162 e. The second-order valence-electron chi connectivity index (χ2n) is 5.64. The second kappa shape index (κ2) is 7.93. The van der Waals surface area contributed by atoms with Crippen molar-refractivity contribution in [2.24, 2.45) is 0 Å². The van der Waals surface area contributed by atoms with E-state index in [4.69, 9.17) is 14.6 Å². The average Bonchev–Trinajstić information content (AvgIpc) is 2.68. The van der Waals surface area contributed by atoms with Gasteiger partial charge in [-0.1, -0.05) is 12.1 Å². The van der Waals surface area contributed by atoms with E-state index >= 15 is 0 Å². The van der Waals surface area contributed by atoms with Gasteiger partial charge in [0.2, 0.25) is 0 Å². The molecule has 1 heterocycles. The van der Waals surface area contributed by atoms with Crippen LogP contribution in [0.25, 0.3) is 11.1 Å². The number of methoxy groups -OCH3 is 1. The summed E-state index contributed by atoms with van der Waals surface area (Å²) in [6, 6.07) is 10.9. The smallest absolute Gasteiger partial charge is 0.162 e. The molecule has 1 N–H and O–H groups in total. The van der Waals surface area contributed by atoms with Crippen LogP contribution in [0.1, 0.15) is 11.1 Å². The van der Waals surface area contributed by atoms with Gasteiger partial charge in [0.05, 0.1) is 13.7 Å². The molecule has 3 aromatic rings. The molecule has 0 amide bonds. The third-order valence-electron chi connectivity index (χ3n) is 3.85. The molecule has 0 aliphatic carbocycles. The highest BCUT2D eigenvalue weighted by molar-refractivity contribution is 5.71. The first-order chi connectivity index (χ1) is 12.6. The van der Waals surface area contributed by atoms with E-state index in [1.807, 2.05) is 6.07 Å². The molecule has 26 heavy (non-hydrogen) atoms. The topological polar surface area (TPSA) is 51.6 Å². The van der Waals surface area contributed by atoms with Gasteiger partial charge in [-0.2, -0.15) is 0 Å². The van der Waals surface area contributed by atoms with E-state index in [1.165, 1.54) is 7.11 Å². The highest BCUT2D eigenvalue weighted by Gasteiger charge is 2.12. The Hall–Kier alpha value is -2.99. The van der Waals surface area contributed by atoms with Crippen LogP contribution in [0.3, 0.4) is 0 Å². The number of rotatable bonds is 6. The highest BCUT2D eigenvalue weighted by atomic mass is 19.2. The number of aliphatic hydroxyl groups excluding tert-OH is 1. The fourth-order valence-electron chi connectivity index (χ4n) is 2.53. The molecular weight excluding hydrogens is 340 g/mol. The van der Waals surface area contributed by atoms with Gasteiger partial charge in [0.25, 0.3) is 0 Å². The van der Waals surface area contributed by atoms with Crippen molar-refractivity contribution in [2.45, 2.75) is 13.2 Å². The molecule has 134 valence electrons. The van der Waals surface area contributed by atoms with Crippen LogP contribution >= 0.6 is 0 Å². The van der Waals surface area contributed by atoms with Gasteiger partial charge in [-0.15, -0.1) is 0 Å². The predicted molar refractivity (Wildman–Crippen MR) is 92.8 cm³/mol. The molecule has 0 spiro atoms. The third kappa shape index (κ3) is 3.97. The Labute approximate surface area is 149 Å². The number of hydrogen-bond donors (Lipinski definition) is 1. The largest absolute Gasteiger partial charge is 0.496 e. The zero-order valence-electron chi connectivity index (χ0n) is 14.1. The molecule has 4 nitrogen and oxygen atoms in total. The first kappa shape index (κ1) is 17.8. The van der Waals surface area contributed by atoms with Crippen molar-refractivity contribution in [1.29, 1.82) is 0 Å². The van der Waals surface area contributed by atoms with Crippen molar-refractivity contribution < 1.29 is 23.4 Å². The van der Waals surface area contributed by atoms with Gasteiger partial charge in [-0.3, -0.25) is 4.98 Å². The minimum absolute atomic E-state index is 0.0778. The average molecular weight is 357 g/mol. The minimum atomic E-state index is -0.954. The molecule has 0 fully saturated rings. The lowest BCUT2D eigenvalue weighted by atomic mass is 10.0. The minimum Gasteiger partial charge on any atom is -0.496 e. The van der Waals surface area contributed by atoms with Crippen molar-refractivity contribution in [3.8, 4) is 22.6 Å². The van der Waals surface area contributed by atoms with Crippen LogP contribution < -0.4 is 9.47 Å². The van der Waals surface area contributed by atoms with Crippen molar-refractivity contribution in [2.75, 3.05) is 7.11 Å². The van der Waals surface area contributed by atoms with Crippen LogP contribution in [0.2, 0.25) is 0 Å². The number of benzene rings is 2. The summed E-state index contributed by atoms with van der Waals surface area (Å²) in [7, 11) is 1.40. The van der Waals surface area contributed by atoms with Crippen LogP contribution in [-0.2, 0) is 13.2 Å². The Balaban J connectivity index is 1.75. The molecule has 1 aromatic heterocycles. The fourth-order valence-corrected chi connectivity index (χ4v) is 2.53. The number of nitrogens with zero attached hydrogens (tertiary/aromatic N) is 1. The maximum atomic E-state index is 13.6. The second-order valence-corrected chi connectivity index (χ2v) is 5.64. The Bertz CT molecular complexity index is 898. The molecule has 6 heteroatoms. The van der Waals surface area contributed by atoms with E-state index in [9.17, 15) is 8.78 Å². The lowest BCUT2D eigenvalue weighted by molar-refractivity contribution is 0.279. The van der Waals surface area contributed by atoms with Gasteiger partial charge in [0, 0.05) is 29.6 Å². The van der Waals surface area contributed by atoms with Crippen LogP contribution in [0, 0.1) is 11.6 Å². The van der Waals surface area contributed by atoms with Gasteiger partial charge >= 0.3 is 0 Å². The maximum absolute atomic E-state index is 13.6. The van der Waals surface area contributed by atoms with Gasteiger partial charge in [-0.25, -0.2) is 8.78 Å². The molecule has 0 unspecified atom stereocenters. The summed E-state index contributed by atoms with van der Waals surface area (Å²) in [6.45, 7) is 0.223. The summed E-state index contributed by atoms with van der Waals surface area (Å²) >= 11 is 0. The van der Waals surface area contributed by atoms with Crippen molar-refractivity contribution in [3.63, 3.8) is 0 Å². The van der Waals surface area contributed by atoms with E-state index in [-0.39, 0.29) is 12.4 Å². The van der Waals surface area contributed by atoms with E-state index in [0.29, 0.717) is 29.0 Å². The Morgan fingerprint density at radius 2 is 1.65 bits per heavy atom. The molecule has 0 bridgehead atoms. The number of hydrogen-bond acceptors (Lipinski definition) is 4. The first-order valence-corrected chi connectivity index (χ1v) is 7.90. The monoisotopic (exact) mass is 357 g/mol. The third-order valence-corrected chi connectivity index (χ3v) is 3.85. The number of aromatic nitrogens is 1. The Kier molecular flexibility index (Phi) is 5.43. The summed E-state index contributed by atoms with van der Waals surface area (Å²) < 4.78 is 37.7. The summed E-state index contributed by atoms with van der Waals surface area (Å²) in [5.41, 5.74) is 2.68. The highest BCUT2D eigenvalue weighted by Crippen LogP contribution is 2.33. The van der Waals surface area contributed by atoms with Gasteiger partial charge in [-0.05, 0) is 35.4 Å². The van der Waals surface area contributed by atoms with Gasteiger partial charge in [0.1, 0.15) is 18.1 Å². The molecule has 0 aliphatic rings. The first-order valence-electron chi connectivity index (χ1n) is 7.90. The predicted octanol–water partition coefficient (Wildman–Crippen LogP) is 4.11.